The SMILES string of the molecule is CCB(F)n1c(-c2ccccc2)cc(-c2ccccc2)c1/C=C1\N=C(c2ccc(C)cc2)c2ccccc21. The van der Waals surface area contributed by atoms with Crippen LogP contribution in [-0.2, 0) is 0 Å². The third kappa shape index (κ3) is 4.33. The Kier molecular flexibility index (Phi) is 6.39. The Balaban J connectivity index is 1.61. The molecule has 38 heavy (non-hydrogen) atoms. The summed E-state index contributed by atoms with van der Waals surface area (Å²) in [5.74, 6) is 0. The van der Waals surface area contributed by atoms with Crippen LogP contribution in [-0.4, -0.2) is 17.3 Å². The predicted octanol–water partition coefficient (Wildman–Crippen LogP) is 8.81. The van der Waals surface area contributed by atoms with Gasteiger partial charge in [0.15, 0.2) is 0 Å². The number of aliphatic imine (C=N–C) groups is 1. The number of aryl methyl sites for hydroxylation is 1. The molecule has 1 aliphatic heterocycles. The number of nitrogens with zero attached hydrogens (tertiary/aromatic N) is 2. The van der Waals surface area contributed by atoms with Crippen LogP contribution in [0.2, 0.25) is 6.32 Å². The fraction of sp³-hybridized carbons (Fsp3) is 0.0882. The Morgan fingerprint density at radius 2 is 1.32 bits per heavy atom. The number of rotatable bonds is 6. The maximum absolute atomic E-state index is 15.8. The number of halogens is 1. The molecule has 4 heteroatoms. The highest BCUT2D eigenvalue weighted by molar-refractivity contribution is 6.50. The highest BCUT2D eigenvalue weighted by atomic mass is 19.1. The molecule has 0 radical (unpaired) electrons. The van der Waals surface area contributed by atoms with Crippen LogP contribution >= 0.6 is 0 Å². The number of benzene rings is 4. The van der Waals surface area contributed by atoms with Crippen molar-refractivity contribution in [3.05, 3.63) is 143 Å². The third-order valence-electron chi connectivity index (χ3n) is 7.14. The Hall–Kier alpha value is -4.44. The van der Waals surface area contributed by atoms with E-state index in [1.807, 2.05) is 72.1 Å². The molecule has 2 heterocycles. The highest BCUT2D eigenvalue weighted by Crippen LogP contribution is 2.39. The van der Waals surface area contributed by atoms with Gasteiger partial charge in [-0.25, -0.2) is 4.99 Å². The van der Waals surface area contributed by atoms with Gasteiger partial charge in [-0.1, -0.05) is 122 Å². The van der Waals surface area contributed by atoms with Crippen LogP contribution in [0.3, 0.4) is 0 Å². The molecule has 0 saturated carbocycles. The van der Waals surface area contributed by atoms with E-state index in [2.05, 4.69) is 67.6 Å². The fourth-order valence-electron chi connectivity index (χ4n) is 5.18. The van der Waals surface area contributed by atoms with Crippen molar-refractivity contribution in [2.24, 2.45) is 4.99 Å². The molecule has 0 aliphatic carbocycles. The topological polar surface area (TPSA) is 17.3 Å². The minimum absolute atomic E-state index is 0.368. The van der Waals surface area contributed by atoms with Crippen molar-refractivity contribution in [2.75, 3.05) is 0 Å². The monoisotopic (exact) mass is 494 g/mol. The van der Waals surface area contributed by atoms with Gasteiger partial charge < -0.3 is 8.79 Å². The summed E-state index contributed by atoms with van der Waals surface area (Å²) in [6, 6.07) is 39.2. The molecule has 4 aromatic carbocycles. The lowest BCUT2D eigenvalue weighted by atomic mass is 9.81. The van der Waals surface area contributed by atoms with Crippen molar-refractivity contribution in [1.29, 1.82) is 0 Å². The summed E-state index contributed by atoms with van der Waals surface area (Å²) >= 11 is 0. The van der Waals surface area contributed by atoms with Gasteiger partial charge in [-0.05, 0) is 36.5 Å². The fourth-order valence-corrected chi connectivity index (χ4v) is 5.18. The van der Waals surface area contributed by atoms with Crippen molar-refractivity contribution in [2.45, 2.75) is 20.2 Å². The Morgan fingerprint density at radius 1 is 0.711 bits per heavy atom. The standard InChI is InChI=1S/C34H28BFN2/c1-3-35(36)38-32(26-14-8-5-9-15-26)22-30(25-12-6-4-7-13-25)33(38)23-31-28-16-10-11-17-29(28)34(37-31)27-20-18-24(2)19-21-27/h4-23H,3H2,1-2H3/b31-23-. The van der Waals surface area contributed by atoms with Crippen molar-refractivity contribution in [3.63, 3.8) is 0 Å². The van der Waals surface area contributed by atoms with Crippen molar-refractivity contribution >= 4 is 24.6 Å². The van der Waals surface area contributed by atoms with Gasteiger partial charge in [-0.15, -0.1) is 0 Å². The van der Waals surface area contributed by atoms with E-state index in [9.17, 15) is 0 Å². The van der Waals surface area contributed by atoms with E-state index in [-0.39, 0.29) is 0 Å². The number of fused-ring (bicyclic) bond motifs is 1. The van der Waals surface area contributed by atoms with Crippen molar-refractivity contribution in [1.82, 2.24) is 4.48 Å². The molecular weight excluding hydrogens is 466 g/mol. The molecule has 0 bridgehead atoms. The second kappa shape index (κ2) is 10.1. The van der Waals surface area contributed by atoms with Crippen LogP contribution in [0.1, 0.15) is 34.9 Å². The molecule has 0 fully saturated rings. The summed E-state index contributed by atoms with van der Waals surface area (Å²) in [7, 11) is -1.17. The first-order chi connectivity index (χ1) is 18.6. The lowest BCUT2D eigenvalue weighted by molar-refractivity contribution is 0.782. The molecule has 184 valence electrons. The zero-order chi connectivity index (χ0) is 26.1. The lowest BCUT2D eigenvalue weighted by Gasteiger charge is -2.14. The molecule has 0 saturated heterocycles. The van der Waals surface area contributed by atoms with Gasteiger partial charge in [-0.3, -0.25) is 0 Å². The van der Waals surface area contributed by atoms with Gasteiger partial charge in [-0.2, -0.15) is 0 Å². The average molecular weight is 494 g/mol. The second-order valence-electron chi connectivity index (χ2n) is 9.67. The van der Waals surface area contributed by atoms with E-state index in [1.54, 1.807) is 0 Å². The van der Waals surface area contributed by atoms with E-state index < -0.39 is 7.12 Å². The summed E-state index contributed by atoms with van der Waals surface area (Å²) < 4.78 is 17.7. The summed E-state index contributed by atoms with van der Waals surface area (Å²) in [6.45, 7) is 3.97. The minimum atomic E-state index is -1.17. The molecule has 1 aliphatic rings. The zero-order valence-electron chi connectivity index (χ0n) is 21.6. The van der Waals surface area contributed by atoms with Gasteiger partial charge in [0.2, 0.25) is 0 Å². The quantitative estimate of drug-likeness (QED) is 0.210. The Morgan fingerprint density at radius 3 is 1.97 bits per heavy atom. The molecule has 5 aromatic rings. The van der Waals surface area contributed by atoms with Crippen LogP contribution in [0, 0.1) is 6.92 Å². The molecule has 6 rings (SSSR count). The first-order valence-electron chi connectivity index (χ1n) is 13.1. The van der Waals surface area contributed by atoms with Gasteiger partial charge >= 0.3 is 7.12 Å². The molecular formula is C34H28BFN2. The second-order valence-corrected chi connectivity index (χ2v) is 9.67. The van der Waals surface area contributed by atoms with Gasteiger partial charge in [0, 0.05) is 33.6 Å². The largest absolute Gasteiger partial charge is 0.465 e. The smallest absolute Gasteiger partial charge is 0.355 e. The van der Waals surface area contributed by atoms with Crippen LogP contribution in [0.15, 0.2) is 120 Å². The third-order valence-corrected chi connectivity index (χ3v) is 7.14. The molecule has 0 atom stereocenters. The first-order valence-corrected chi connectivity index (χ1v) is 13.1. The average Bonchev–Trinajstić information content (AvgIpc) is 3.53. The first kappa shape index (κ1) is 23.9. The zero-order valence-corrected chi connectivity index (χ0v) is 21.6. The van der Waals surface area contributed by atoms with Crippen molar-refractivity contribution in [3.8, 4) is 22.4 Å². The van der Waals surface area contributed by atoms with Crippen LogP contribution in [0.25, 0.3) is 34.2 Å². The van der Waals surface area contributed by atoms with E-state index >= 15 is 4.32 Å². The Bertz CT molecular complexity index is 1650. The summed E-state index contributed by atoms with van der Waals surface area (Å²) in [4.78, 5) is 5.14. The van der Waals surface area contributed by atoms with Gasteiger partial charge in [0.25, 0.3) is 0 Å². The molecule has 0 unspecified atom stereocenters. The molecule has 0 N–H and O–H groups in total. The molecule has 0 amide bonds. The summed E-state index contributed by atoms with van der Waals surface area (Å²) in [5.41, 5.74) is 10.9. The minimum Gasteiger partial charge on any atom is -0.355 e. The highest BCUT2D eigenvalue weighted by Gasteiger charge is 2.27. The normalized spacial score (nSPS) is 13.4. The maximum Gasteiger partial charge on any atom is 0.465 e. The maximum atomic E-state index is 15.8. The van der Waals surface area contributed by atoms with Crippen molar-refractivity contribution < 1.29 is 4.32 Å². The molecule has 2 nitrogen and oxygen atoms in total. The molecule has 1 aromatic heterocycles. The van der Waals surface area contributed by atoms with Gasteiger partial charge in [0.1, 0.15) is 0 Å². The summed E-state index contributed by atoms with van der Waals surface area (Å²) in [6.07, 6.45) is 2.43. The number of aromatic nitrogens is 1. The number of hydrogen-bond donors (Lipinski definition) is 0. The number of hydrogen-bond acceptors (Lipinski definition) is 1. The van der Waals surface area contributed by atoms with E-state index in [4.69, 9.17) is 4.99 Å². The summed E-state index contributed by atoms with van der Waals surface area (Å²) in [5, 5.41) is 0. The van der Waals surface area contributed by atoms with E-state index in [1.165, 1.54) is 5.56 Å². The van der Waals surface area contributed by atoms with Gasteiger partial charge in [0.05, 0.1) is 11.4 Å². The lowest BCUT2D eigenvalue weighted by Crippen LogP contribution is -2.20. The van der Waals surface area contributed by atoms with E-state index in [0.717, 1.165) is 56.2 Å². The van der Waals surface area contributed by atoms with Crippen LogP contribution < -0.4 is 0 Å². The van der Waals surface area contributed by atoms with Crippen LogP contribution in [0.4, 0.5) is 4.32 Å². The van der Waals surface area contributed by atoms with Crippen LogP contribution in [0.5, 0.6) is 0 Å². The Labute approximate surface area is 224 Å². The van der Waals surface area contributed by atoms with E-state index in [0.29, 0.717) is 6.32 Å². The predicted molar refractivity (Wildman–Crippen MR) is 159 cm³/mol. The molecule has 0 spiro atoms.